The van der Waals surface area contributed by atoms with Crippen LogP contribution in [0, 0.1) is 21.4 Å². The van der Waals surface area contributed by atoms with Gasteiger partial charge in [0.05, 0.1) is 98.8 Å². The first-order chi connectivity index (χ1) is 25.3. The van der Waals surface area contributed by atoms with Crippen molar-refractivity contribution in [3.05, 3.63) is 43.7 Å². The van der Waals surface area contributed by atoms with E-state index in [0.29, 0.717) is 0 Å². The highest BCUT2D eigenvalue weighted by molar-refractivity contribution is 14.1. The molecule has 0 saturated heterocycles. The summed E-state index contributed by atoms with van der Waals surface area (Å²) in [6, 6.07) is -1.21. The van der Waals surface area contributed by atoms with Gasteiger partial charge >= 0.3 is 6.03 Å². The molecule has 4 atom stereocenters. The number of carbonyl (C=O) groups is 5. The second kappa shape index (κ2) is 23.3. The molecule has 0 saturated carbocycles. The molecule has 0 radical (unpaired) electrons. The molecular weight excluding hydrogens is 1400 g/mol. The maximum Gasteiger partial charge on any atom is 0.324 e. The van der Waals surface area contributed by atoms with Crippen LogP contribution in [0.5, 0.6) is 0 Å². The van der Waals surface area contributed by atoms with Crippen molar-refractivity contribution in [3.8, 4) is 0 Å². The number of aliphatic hydroxyl groups is 8. The fourth-order valence-corrected chi connectivity index (χ4v) is 13.5. The molecule has 25 heteroatoms. The summed E-state index contributed by atoms with van der Waals surface area (Å²) in [7, 11) is 0. The van der Waals surface area contributed by atoms with E-state index < -0.39 is 107 Å². The topological polar surface area (TPSA) is 325 Å². The van der Waals surface area contributed by atoms with Crippen LogP contribution >= 0.6 is 136 Å². The molecule has 0 spiro atoms. The Kier molecular flexibility index (Phi) is 21.5. The molecule has 14 N–H and O–H groups in total. The van der Waals surface area contributed by atoms with E-state index in [-0.39, 0.29) is 55.0 Å². The highest BCUT2D eigenvalue weighted by atomic mass is 127. The van der Waals surface area contributed by atoms with Gasteiger partial charge in [-0.3, -0.25) is 24.1 Å². The lowest BCUT2D eigenvalue weighted by molar-refractivity contribution is 0.0792. The Balaban J connectivity index is 3.15. The van der Waals surface area contributed by atoms with Crippen LogP contribution in [-0.2, 0) is 0 Å². The number of hydrogen-bond donors (Lipinski definition) is 13. The van der Waals surface area contributed by atoms with Crippen molar-refractivity contribution in [2.45, 2.75) is 24.4 Å². The van der Waals surface area contributed by atoms with E-state index in [1.165, 1.54) is 0 Å². The lowest BCUT2D eigenvalue weighted by Crippen LogP contribution is -2.40. The zero-order valence-electron chi connectivity index (χ0n) is 27.4. The zero-order chi connectivity index (χ0) is 41.2. The van der Waals surface area contributed by atoms with Gasteiger partial charge in [0.25, 0.3) is 23.6 Å². The summed E-state index contributed by atoms with van der Waals surface area (Å²) in [4.78, 5) is 69.4. The smallest absolute Gasteiger partial charge is 0.324 e. The standard InChI is InChI=1S/C29H34I6N6O13/c30-17-13(25(50)37-1-9(46)5-42)19(32)23(20(33)14(17)26(51)38-2-10(47)6-43)41(29(36)54)24-21(34)15(27(52)39-3-11(48)7-44)18(31)16(22(24)35)28(53)40-4-12(49)8-45/h9-12,42-49H,1-8H2,(H2,36,54)(H,37,50)(H,38,51)(H,39,52)(H,40,53). The summed E-state index contributed by atoms with van der Waals surface area (Å²) in [5.74, 6) is -3.39. The third-order valence-electron chi connectivity index (χ3n) is 7.00. The molecular formula is C29H34I6N6O13. The summed E-state index contributed by atoms with van der Waals surface area (Å²) in [6.07, 6.45) is -5.39. The monoisotopic (exact) mass is 1440 g/mol. The summed E-state index contributed by atoms with van der Waals surface area (Å²) in [6.45, 7) is -4.38. The molecule has 0 aromatic heterocycles. The molecule has 0 aliphatic carbocycles. The number of hydrogen-bond acceptors (Lipinski definition) is 13. The molecule has 0 aliphatic heterocycles. The zero-order valence-corrected chi connectivity index (χ0v) is 40.3. The number of rotatable bonds is 18. The van der Waals surface area contributed by atoms with Crippen LogP contribution < -0.4 is 31.9 Å². The highest BCUT2D eigenvalue weighted by Crippen LogP contribution is 2.45. The summed E-state index contributed by atoms with van der Waals surface area (Å²) in [5.41, 5.74) is 5.00. The SMILES string of the molecule is NC(=O)N(c1c(I)c(C(=O)NCC(O)CO)c(I)c(C(=O)NCC(O)CO)c1I)c1c(I)c(C(=O)NCC(O)CO)c(I)c(C(=O)NCC(O)CO)c1I. The van der Waals surface area contributed by atoms with Gasteiger partial charge in [0.2, 0.25) is 0 Å². The highest BCUT2D eigenvalue weighted by Gasteiger charge is 2.37. The van der Waals surface area contributed by atoms with Gasteiger partial charge in [-0.1, -0.05) is 0 Å². The van der Waals surface area contributed by atoms with E-state index in [0.717, 1.165) is 4.90 Å². The molecule has 54 heavy (non-hydrogen) atoms. The number of anilines is 2. The molecule has 6 amide bonds. The lowest BCUT2D eigenvalue weighted by atomic mass is 10.0. The molecule has 2 aromatic rings. The fourth-order valence-electron chi connectivity index (χ4n) is 4.28. The third-order valence-corrected chi connectivity index (χ3v) is 13.4. The van der Waals surface area contributed by atoms with Crippen molar-refractivity contribution in [1.29, 1.82) is 0 Å². The van der Waals surface area contributed by atoms with Crippen molar-refractivity contribution >= 4 is 177 Å². The first-order valence-corrected chi connectivity index (χ1v) is 21.6. The first kappa shape index (κ1) is 49.8. The third kappa shape index (κ3) is 12.3. The van der Waals surface area contributed by atoms with E-state index in [9.17, 15) is 64.8 Å². The van der Waals surface area contributed by atoms with Gasteiger partial charge in [0.15, 0.2) is 0 Å². The number of halogens is 6. The number of primary amides is 1. The van der Waals surface area contributed by atoms with Crippen LogP contribution in [-0.4, -0.2) is 148 Å². The number of nitrogens with one attached hydrogen (secondary N) is 4. The van der Waals surface area contributed by atoms with Gasteiger partial charge in [-0.2, -0.15) is 0 Å². The first-order valence-electron chi connectivity index (χ1n) is 15.1. The molecule has 0 fully saturated rings. The van der Waals surface area contributed by atoms with Gasteiger partial charge in [0, 0.05) is 33.3 Å². The van der Waals surface area contributed by atoms with Gasteiger partial charge in [-0.05, 0) is 136 Å². The van der Waals surface area contributed by atoms with Crippen LogP contribution in [0.25, 0.3) is 0 Å². The van der Waals surface area contributed by atoms with Gasteiger partial charge < -0.3 is 67.9 Å². The van der Waals surface area contributed by atoms with E-state index in [1.807, 2.05) is 0 Å². The Hall–Kier alpha value is -0.350. The minimum atomic E-state index is -1.35. The van der Waals surface area contributed by atoms with Gasteiger partial charge in [-0.15, -0.1) is 0 Å². The molecule has 19 nitrogen and oxygen atoms in total. The van der Waals surface area contributed by atoms with Crippen molar-refractivity contribution in [3.63, 3.8) is 0 Å². The van der Waals surface area contributed by atoms with Crippen molar-refractivity contribution in [2.75, 3.05) is 57.5 Å². The molecule has 4 unspecified atom stereocenters. The quantitative estimate of drug-likeness (QED) is 0.0787. The predicted octanol–water partition coefficient (Wildman–Crippen LogP) is -1.14. The van der Waals surface area contributed by atoms with E-state index in [2.05, 4.69) is 21.3 Å². The molecule has 0 aliphatic rings. The number of nitrogens with zero attached hydrogens (tertiary/aromatic N) is 1. The number of carbonyl (C=O) groups excluding carboxylic acids is 5. The van der Waals surface area contributed by atoms with Crippen molar-refractivity contribution in [2.24, 2.45) is 5.73 Å². The van der Waals surface area contributed by atoms with Gasteiger partial charge in [0.1, 0.15) is 0 Å². The van der Waals surface area contributed by atoms with Gasteiger partial charge in [-0.25, -0.2) is 4.79 Å². The fraction of sp³-hybridized carbons (Fsp3) is 0.414. The number of aliphatic hydroxyl groups excluding tert-OH is 8. The number of amides is 6. The minimum Gasteiger partial charge on any atom is -0.394 e. The number of urea groups is 1. The van der Waals surface area contributed by atoms with Crippen LogP contribution in [0.15, 0.2) is 0 Å². The van der Waals surface area contributed by atoms with E-state index in [1.54, 1.807) is 136 Å². The predicted molar refractivity (Wildman–Crippen MR) is 243 cm³/mol. The van der Waals surface area contributed by atoms with Crippen molar-refractivity contribution < 1.29 is 64.8 Å². The number of benzene rings is 2. The van der Waals surface area contributed by atoms with Crippen LogP contribution in [0.4, 0.5) is 16.2 Å². The molecule has 300 valence electrons. The van der Waals surface area contributed by atoms with Crippen molar-refractivity contribution in [1.82, 2.24) is 21.3 Å². The molecule has 2 aromatic carbocycles. The van der Waals surface area contributed by atoms with Crippen LogP contribution in [0.2, 0.25) is 0 Å². The normalized spacial score (nSPS) is 13.4. The Morgan fingerprint density at radius 2 is 0.667 bits per heavy atom. The Labute approximate surface area is 389 Å². The summed E-state index contributed by atoms with van der Waals surface area (Å²) < 4.78 is 0.229. The van der Waals surface area contributed by atoms with E-state index in [4.69, 9.17) is 5.73 Å². The van der Waals surface area contributed by atoms with Crippen LogP contribution in [0.3, 0.4) is 0 Å². The Morgan fingerprint density at radius 1 is 0.463 bits per heavy atom. The maximum absolute atomic E-state index is 13.7. The largest absolute Gasteiger partial charge is 0.394 e. The average molecular weight is 1440 g/mol. The summed E-state index contributed by atoms with van der Waals surface area (Å²) >= 11 is 10.4. The second-order valence-electron chi connectivity index (χ2n) is 10.9. The molecule has 2 rings (SSSR count). The number of nitrogens with two attached hydrogens (primary N) is 1. The average Bonchev–Trinajstić information content (AvgIpc) is 3.12. The molecule has 0 heterocycles. The summed E-state index contributed by atoms with van der Waals surface area (Å²) in [5, 5.41) is 86.6. The maximum atomic E-state index is 13.7. The lowest BCUT2D eigenvalue weighted by Gasteiger charge is -2.30. The second-order valence-corrected chi connectivity index (χ2v) is 17.4. The van der Waals surface area contributed by atoms with E-state index >= 15 is 0 Å². The van der Waals surface area contributed by atoms with Crippen LogP contribution in [0.1, 0.15) is 41.4 Å². The Morgan fingerprint density at radius 3 is 0.833 bits per heavy atom. The molecule has 0 bridgehead atoms. The Bertz CT molecular complexity index is 1530. The minimum absolute atomic E-state index is 0.0300.